The van der Waals surface area contributed by atoms with E-state index >= 15 is 0 Å². The third kappa shape index (κ3) is 8.36. The summed E-state index contributed by atoms with van der Waals surface area (Å²) >= 11 is 6.33. The summed E-state index contributed by atoms with van der Waals surface area (Å²) in [4.78, 5) is 34.9. The van der Waals surface area contributed by atoms with Crippen LogP contribution in [0.5, 0.6) is 23.0 Å². The highest BCUT2D eigenvalue weighted by molar-refractivity contribution is 6.32. The summed E-state index contributed by atoms with van der Waals surface area (Å²) in [5.41, 5.74) is 1.66. The molecule has 9 nitrogen and oxygen atoms in total. The van der Waals surface area contributed by atoms with Gasteiger partial charge >= 0.3 is 5.97 Å². The molecule has 0 aliphatic carbocycles. The van der Waals surface area contributed by atoms with Crippen molar-refractivity contribution in [3.05, 3.63) is 45.5 Å². The minimum Gasteiger partial charge on any atom is -0.507 e. The highest BCUT2D eigenvalue weighted by Crippen LogP contribution is 2.39. The van der Waals surface area contributed by atoms with Crippen molar-refractivity contribution in [2.75, 3.05) is 33.0 Å². The van der Waals surface area contributed by atoms with E-state index in [0.717, 1.165) is 12.8 Å². The normalized spacial score (nSPS) is 10.8. The molecule has 0 atom stereocenters. The van der Waals surface area contributed by atoms with Crippen molar-refractivity contribution in [2.24, 2.45) is 0 Å². The topological polar surface area (TPSA) is 129 Å². The van der Waals surface area contributed by atoms with E-state index in [9.17, 15) is 19.5 Å². The number of halogens is 1. The van der Waals surface area contributed by atoms with Crippen LogP contribution in [-0.2, 0) is 22.4 Å². The van der Waals surface area contributed by atoms with Crippen molar-refractivity contribution < 1.29 is 43.5 Å². The summed E-state index contributed by atoms with van der Waals surface area (Å²) in [6.07, 6.45) is 2.49. The van der Waals surface area contributed by atoms with Gasteiger partial charge in [-0.2, -0.15) is 0 Å². The molecule has 2 N–H and O–H groups in total. The van der Waals surface area contributed by atoms with Crippen LogP contribution in [0.1, 0.15) is 72.4 Å². The Bertz CT molecular complexity index is 1140. The first-order chi connectivity index (χ1) is 18.1. The van der Waals surface area contributed by atoms with E-state index in [1.165, 1.54) is 19.9 Å². The second kappa shape index (κ2) is 15.2. The van der Waals surface area contributed by atoms with Gasteiger partial charge in [-0.1, -0.05) is 38.3 Å². The second-order valence-electron chi connectivity index (χ2n) is 8.59. The van der Waals surface area contributed by atoms with E-state index in [-0.39, 0.29) is 54.3 Å². The molecule has 0 spiro atoms. The molecular formula is C28H35ClO9. The van der Waals surface area contributed by atoms with Crippen LogP contribution < -0.4 is 14.2 Å². The summed E-state index contributed by atoms with van der Waals surface area (Å²) in [5.74, 6) is -0.646. The van der Waals surface area contributed by atoms with Gasteiger partial charge in [0.05, 0.1) is 29.4 Å². The van der Waals surface area contributed by atoms with Crippen molar-refractivity contribution in [3.8, 4) is 23.0 Å². The van der Waals surface area contributed by atoms with Crippen molar-refractivity contribution in [1.29, 1.82) is 0 Å². The lowest BCUT2D eigenvalue weighted by atomic mass is 10.0. The van der Waals surface area contributed by atoms with Gasteiger partial charge in [-0.3, -0.25) is 9.59 Å². The van der Waals surface area contributed by atoms with Gasteiger partial charge in [-0.15, -0.1) is 0 Å². The number of aromatic hydroxyl groups is 1. The fourth-order valence-corrected chi connectivity index (χ4v) is 4.18. The SMILES string of the molecule is CCCc1c(O)c(C(C)=O)cc(Cl)c1OCCOCCOc1c(C(C)=O)ccc(OCC(=O)O)c1CCC. The zero-order valence-electron chi connectivity index (χ0n) is 22.2. The lowest BCUT2D eigenvalue weighted by Crippen LogP contribution is -2.15. The van der Waals surface area contributed by atoms with Crippen molar-refractivity contribution in [3.63, 3.8) is 0 Å². The molecule has 10 heteroatoms. The molecule has 0 unspecified atom stereocenters. The van der Waals surface area contributed by atoms with Crippen LogP contribution >= 0.6 is 11.6 Å². The van der Waals surface area contributed by atoms with Gasteiger partial charge < -0.3 is 29.2 Å². The van der Waals surface area contributed by atoms with Crippen LogP contribution in [0.15, 0.2) is 18.2 Å². The van der Waals surface area contributed by atoms with Crippen LogP contribution in [-0.4, -0.2) is 60.8 Å². The number of benzene rings is 2. The standard InChI is InChI=1S/C28H35ClO9/c1-5-7-20-24(38-16-25(32)33)10-9-19(17(3)30)27(20)36-13-11-35-12-14-37-28-21(8-6-2)26(34)22(18(4)31)15-23(28)29/h9-10,15,34H,5-8,11-14,16H2,1-4H3,(H,32,33). The van der Waals surface area contributed by atoms with E-state index in [1.54, 1.807) is 12.1 Å². The Morgan fingerprint density at radius 1 is 0.816 bits per heavy atom. The monoisotopic (exact) mass is 550 g/mol. The van der Waals surface area contributed by atoms with Gasteiger partial charge in [-0.25, -0.2) is 4.79 Å². The van der Waals surface area contributed by atoms with Crippen LogP contribution in [0.25, 0.3) is 0 Å². The molecule has 208 valence electrons. The van der Waals surface area contributed by atoms with E-state index in [2.05, 4.69) is 0 Å². The molecule has 2 aromatic carbocycles. The fraction of sp³-hybridized carbons (Fsp3) is 0.464. The number of ketones is 2. The molecule has 0 aliphatic heterocycles. The Balaban J connectivity index is 2.01. The van der Waals surface area contributed by atoms with E-state index < -0.39 is 12.6 Å². The van der Waals surface area contributed by atoms with Crippen LogP contribution in [0.4, 0.5) is 0 Å². The van der Waals surface area contributed by atoms with Crippen molar-refractivity contribution in [2.45, 2.75) is 53.4 Å². The molecule has 0 saturated carbocycles. The first-order valence-electron chi connectivity index (χ1n) is 12.5. The molecule has 0 bridgehead atoms. The second-order valence-corrected chi connectivity index (χ2v) is 8.99. The molecule has 2 rings (SSSR count). The highest BCUT2D eigenvalue weighted by Gasteiger charge is 2.21. The Morgan fingerprint density at radius 3 is 1.95 bits per heavy atom. The van der Waals surface area contributed by atoms with E-state index in [1.807, 2.05) is 13.8 Å². The maximum absolute atomic E-state index is 12.2. The lowest BCUT2D eigenvalue weighted by Gasteiger charge is -2.18. The van der Waals surface area contributed by atoms with Gasteiger partial charge in [0.1, 0.15) is 36.2 Å². The molecule has 38 heavy (non-hydrogen) atoms. The number of carbonyl (C=O) groups is 3. The Labute approximate surface area is 227 Å². The number of hydrogen-bond donors (Lipinski definition) is 2. The third-order valence-electron chi connectivity index (χ3n) is 5.58. The average molecular weight is 551 g/mol. The number of Topliss-reactive ketones (excluding diaryl/α,β-unsaturated/α-hetero) is 2. The molecule has 2 aromatic rings. The Kier molecular flexibility index (Phi) is 12.4. The molecule has 0 aromatic heterocycles. The zero-order chi connectivity index (χ0) is 28.2. The predicted octanol–water partition coefficient (Wildman–Crippen LogP) is 5.29. The van der Waals surface area contributed by atoms with Gasteiger partial charge in [0, 0.05) is 11.1 Å². The fourth-order valence-electron chi connectivity index (χ4n) is 3.90. The van der Waals surface area contributed by atoms with Gasteiger partial charge in [0.2, 0.25) is 0 Å². The molecule has 0 fully saturated rings. The number of phenols is 1. The average Bonchev–Trinajstić information content (AvgIpc) is 2.86. The molecule has 0 heterocycles. The minimum absolute atomic E-state index is 0.119. The lowest BCUT2D eigenvalue weighted by molar-refractivity contribution is -0.139. The molecule has 0 saturated heterocycles. The predicted molar refractivity (Wildman–Crippen MR) is 142 cm³/mol. The smallest absolute Gasteiger partial charge is 0.341 e. The number of phenolic OH excluding ortho intramolecular Hbond substituents is 1. The number of hydrogen-bond acceptors (Lipinski definition) is 8. The summed E-state index contributed by atoms with van der Waals surface area (Å²) in [6, 6.07) is 4.55. The summed E-state index contributed by atoms with van der Waals surface area (Å²) in [7, 11) is 0. The molecular weight excluding hydrogens is 516 g/mol. The molecule has 0 aliphatic rings. The van der Waals surface area contributed by atoms with Gasteiger partial charge in [0.25, 0.3) is 0 Å². The summed E-state index contributed by atoms with van der Waals surface area (Å²) < 4.78 is 22.7. The number of carboxylic acids is 1. The maximum Gasteiger partial charge on any atom is 0.341 e. The highest BCUT2D eigenvalue weighted by atomic mass is 35.5. The molecule has 0 amide bonds. The zero-order valence-corrected chi connectivity index (χ0v) is 23.0. The Morgan fingerprint density at radius 2 is 1.39 bits per heavy atom. The molecule has 0 radical (unpaired) electrons. The maximum atomic E-state index is 12.2. The quantitative estimate of drug-likeness (QED) is 0.199. The van der Waals surface area contributed by atoms with Crippen LogP contribution in [0.2, 0.25) is 5.02 Å². The summed E-state index contributed by atoms with van der Waals surface area (Å²) in [6.45, 7) is 6.86. The number of carbonyl (C=O) groups excluding carboxylic acids is 2. The van der Waals surface area contributed by atoms with Gasteiger partial charge in [-0.05, 0) is 44.9 Å². The van der Waals surface area contributed by atoms with E-state index in [4.69, 9.17) is 35.7 Å². The largest absolute Gasteiger partial charge is 0.507 e. The van der Waals surface area contributed by atoms with Crippen molar-refractivity contribution >= 4 is 29.1 Å². The minimum atomic E-state index is -1.10. The van der Waals surface area contributed by atoms with Crippen LogP contribution in [0.3, 0.4) is 0 Å². The van der Waals surface area contributed by atoms with Gasteiger partial charge in [0.15, 0.2) is 18.2 Å². The summed E-state index contributed by atoms with van der Waals surface area (Å²) in [5, 5.41) is 19.7. The van der Waals surface area contributed by atoms with Crippen LogP contribution in [0, 0.1) is 0 Å². The number of aliphatic carboxylic acids is 1. The van der Waals surface area contributed by atoms with Crippen molar-refractivity contribution in [1.82, 2.24) is 0 Å². The Hall–Kier alpha value is -3.30. The number of ether oxygens (including phenoxy) is 4. The first-order valence-corrected chi connectivity index (χ1v) is 12.9. The number of carboxylic acid groups (broad SMARTS) is 1. The third-order valence-corrected chi connectivity index (χ3v) is 5.86. The van der Waals surface area contributed by atoms with E-state index in [0.29, 0.717) is 46.8 Å². The number of rotatable bonds is 17. The first kappa shape index (κ1) is 30.9.